The third-order valence-corrected chi connectivity index (χ3v) is 6.84. The van der Waals surface area contributed by atoms with Crippen molar-refractivity contribution in [2.24, 2.45) is 5.92 Å². The van der Waals surface area contributed by atoms with Crippen LogP contribution in [0.25, 0.3) is 0 Å². The van der Waals surface area contributed by atoms with Gasteiger partial charge in [0.25, 0.3) is 5.91 Å². The van der Waals surface area contributed by atoms with Crippen LogP contribution in [0.3, 0.4) is 0 Å². The van der Waals surface area contributed by atoms with Gasteiger partial charge in [-0.05, 0) is 60.1 Å². The quantitative estimate of drug-likeness (QED) is 0.429. The third kappa shape index (κ3) is 8.07. The van der Waals surface area contributed by atoms with Crippen molar-refractivity contribution in [3.63, 3.8) is 0 Å². The second kappa shape index (κ2) is 12.5. The average molecular weight is 515 g/mol. The molecule has 0 bridgehead atoms. The number of likely N-dealkylation sites (tertiary alicyclic amines) is 1. The molecule has 0 unspecified atom stereocenters. The monoisotopic (exact) mass is 514 g/mol. The van der Waals surface area contributed by atoms with Crippen molar-refractivity contribution in [2.45, 2.75) is 44.4 Å². The van der Waals surface area contributed by atoms with E-state index in [1.54, 1.807) is 4.90 Å². The van der Waals surface area contributed by atoms with E-state index < -0.39 is 27.8 Å². The molecule has 1 heterocycles. The topological polar surface area (TPSA) is 107 Å². The summed E-state index contributed by atoms with van der Waals surface area (Å²) in [4.78, 5) is 27.8. The van der Waals surface area contributed by atoms with Crippen LogP contribution in [0.1, 0.15) is 54.1 Å². The molecule has 1 fully saturated rings. The van der Waals surface area contributed by atoms with Gasteiger partial charge in [0, 0.05) is 23.7 Å². The number of carbonyl (C=O) groups is 2. The molecular weight excluding hydrogens is 487 g/mol. The Balaban J connectivity index is 0.00000408. The summed E-state index contributed by atoms with van der Waals surface area (Å²) in [6, 6.07) is 13.0. The summed E-state index contributed by atoms with van der Waals surface area (Å²) in [7, 11) is -4.46. The number of benzene rings is 2. The molecule has 1 atom stereocenters. The number of rotatable bonds is 7. The summed E-state index contributed by atoms with van der Waals surface area (Å²) < 4.78 is 33.1. The number of carbonyl (C=O) groups excluding carboxylic acids is 2. The van der Waals surface area contributed by atoms with Crippen molar-refractivity contribution in [3.05, 3.63) is 70.2 Å². The van der Waals surface area contributed by atoms with E-state index in [4.69, 9.17) is 11.6 Å². The van der Waals surface area contributed by atoms with Gasteiger partial charge >= 0.3 is 29.6 Å². The van der Waals surface area contributed by atoms with Crippen LogP contribution >= 0.6 is 11.6 Å². The van der Waals surface area contributed by atoms with Crippen LogP contribution in [0, 0.1) is 5.92 Å². The maximum Gasteiger partial charge on any atom is 1.00 e. The Hall–Kier alpha value is -1.42. The second-order valence-corrected chi connectivity index (χ2v) is 10.6. The summed E-state index contributed by atoms with van der Waals surface area (Å²) in [6.45, 7) is 4.93. The van der Waals surface area contributed by atoms with E-state index in [-0.39, 0.29) is 52.5 Å². The van der Waals surface area contributed by atoms with Crippen LogP contribution < -0.4 is 34.9 Å². The molecule has 0 saturated carbocycles. The second-order valence-electron chi connectivity index (χ2n) is 8.75. The molecule has 2 aromatic carbocycles. The summed E-state index contributed by atoms with van der Waals surface area (Å²) in [5, 5.41) is 3.49. The van der Waals surface area contributed by atoms with Crippen molar-refractivity contribution in [1.29, 1.82) is 0 Å². The maximum atomic E-state index is 13.2. The Morgan fingerprint density at radius 3 is 2.29 bits per heavy atom. The van der Waals surface area contributed by atoms with Gasteiger partial charge in [-0.15, -0.1) is 0 Å². The Morgan fingerprint density at radius 2 is 1.74 bits per heavy atom. The molecule has 1 saturated heterocycles. The minimum Gasteiger partial charge on any atom is -0.748 e. The summed E-state index contributed by atoms with van der Waals surface area (Å²) >= 11 is 5.97. The van der Waals surface area contributed by atoms with E-state index in [1.165, 1.54) is 29.8 Å². The van der Waals surface area contributed by atoms with Gasteiger partial charge < -0.3 is 14.8 Å². The standard InChI is InChI=1S/C24H29ClN2O5S.Na/c1-16(2)22(26-23(28)20-5-3-4-17(14-20)15-33(30,31)32)24(29)27-12-10-19(11-13-27)18-6-8-21(25)9-7-18;/h3-9,14,16,19,22H,10-13,15H2,1-2H3,(H,26,28)(H,30,31,32);/q;+1/p-1/t22-;/m1./s1. The molecule has 1 aliphatic rings. The molecule has 7 nitrogen and oxygen atoms in total. The van der Waals surface area contributed by atoms with Gasteiger partial charge in [-0.1, -0.05) is 49.7 Å². The Morgan fingerprint density at radius 1 is 1.12 bits per heavy atom. The molecule has 0 aromatic heterocycles. The van der Waals surface area contributed by atoms with Crippen LogP contribution in [0.15, 0.2) is 48.5 Å². The van der Waals surface area contributed by atoms with Gasteiger partial charge in [0.1, 0.15) is 6.04 Å². The zero-order chi connectivity index (χ0) is 24.2. The van der Waals surface area contributed by atoms with E-state index in [0.29, 0.717) is 24.0 Å². The first-order valence-corrected chi connectivity index (χ1v) is 12.9. The van der Waals surface area contributed by atoms with E-state index in [2.05, 4.69) is 5.32 Å². The number of hydrogen-bond acceptors (Lipinski definition) is 5. The Bertz CT molecular complexity index is 1100. The molecule has 1 N–H and O–H groups in total. The predicted octanol–water partition coefficient (Wildman–Crippen LogP) is 0.550. The van der Waals surface area contributed by atoms with Gasteiger partial charge in [-0.25, -0.2) is 8.42 Å². The summed E-state index contributed by atoms with van der Waals surface area (Å²) in [5.74, 6) is -1.09. The van der Waals surface area contributed by atoms with Crippen LogP contribution in [0.5, 0.6) is 0 Å². The van der Waals surface area contributed by atoms with Gasteiger partial charge in [-0.2, -0.15) is 0 Å². The fourth-order valence-electron chi connectivity index (χ4n) is 4.11. The van der Waals surface area contributed by atoms with Crippen LogP contribution in [0.4, 0.5) is 0 Å². The number of piperidine rings is 1. The van der Waals surface area contributed by atoms with Crippen molar-refractivity contribution in [2.75, 3.05) is 13.1 Å². The van der Waals surface area contributed by atoms with E-state index in [1.807, 2.05) is 38.1 Å². The third-order valence-electron chi connectivity index (χ3n) is 5.90. The van der Waals surface area contributed by atoms with Crippen LogP contribution in [-0.4, -0.2) is 48.8 Å². The SMILES string of the molecule is CC(C)[C@@H](NC(=O)c1cccc(CS(=O)(=O)[O-])c1)C(=O)N1CCC(c2ccc(Cl)cc2)CC1.[Na+]. The largest absolute Gasteiger partial charge is 1.00 e. The fraction of sp³-hybridized carbons (Fsp3) is 0.417. The number of nitrogens with zero attached hydrogens (tertiary/aromatic N) is 1. The van der Waals surface area contributed by atoms with E-state index in [0.717, 1.165) is 12.8 Å². The molecule has 0 radical (unpaired) electrons. The summed E-state index contributed by atoms with van der Waals surface area (Å²) in [6.07, 6.45) is 1.66. The predicted molar refractivity (Wildman–Crippen MR) is 126 cm³/mol. The smallest absolute Gasteiger partial charge is 0.748 e. The molecule has 2 amide bonds. The molecule has 0 aliphatic carbocycles. The normalized spacial score (nSPS) is 15.5. The van der Waals surface area contributed by atoms with Crippen LogP contribution in [-0.2, 0) is 20.7 Å². The Labute approximate surface area is 228 Å². The fourth-order valence-corrected chi connectivity index (χ4v) is 4.82. The zero-order valence-corrected chi connectivity index (χ0v) is 23.2. The van der Waals surface area contributed by atoms with Crippen molar-refractivity contribution >= 4 is 33.5 Å². The minimum absolute atomic E-state index is 0. The molecular formula is C24H28ClN2NaO5S. The van der Waals surface area contributed by atoms with Crippen molar-refractivity contribution < 1.29 is 52.1 Å². The molecule has 0 spiro atoms. The van der Waals surface area contributed by atoms with Gasteiger partial charge in [-0.3, -0.25) is 9.59 Å². The summed E-state index contributed by atoms with van der Waals surface area (Å²) in [5.41, 5.74) is 1.64. The first-order chi connectivity index (χ1) is 15.5. The van der Waals surface area contributed by atoms with E-state index >= 15 is 0 Å². The molecule has 3 rings (SSSR count). The van der Waals surface area contributed by atoms with Crippen LogP contribution in [0.2, 0.25) is 5.02 Å². The first kappa shape index (κ1) is 28.8. The maximum absolute atomic E-state index is 13.2. The van der Waals surface area contributed by atoms with Gasteiger partial charge in [0.2, 0.25) is 5.91 Å². The van der Waals surface area contributed by atoms with Gasteiger partial charge in [0.15, 0.2) is 0 Å². The van der Waals surface area contributed by atoms with Gasteiger partial charge in [0.05, 0.1) is 15.9 Å². The molecule has 1 aliphatic heterocycles. The number of halogens is 1. The van der Waals surface area contributed by atoms with E-state index in [9.17, 15) is 22.6 Å². The number of hydrogen-bond donors (Lipinski definition) is 1. The Kier molecular flexibility index (Phi) is 10.6. The average Bonchev–Trinajstić information content (AvgIpc) is 2.76. The number of nitrogens with one attached hydrogen (secondary N) is 1. The molecule has 10 heteroatoms. The minimum atomic E-state index is -4.46. The van der Waals surface area contributed by atoms with Crippen molar-refractivity contribution in [1.82, 2.24) is 10.2 Å². The number of amides is 2. The zero-order valence-electron chi connectivity index (χ0n) is 19.7. The molecule has 34 heavy (non-hydrogen) atoms. The first-order valence-electron chi connectivity index (χ1n) is 10.9. The molecule has 178 valence electrons. The molecule has 2 aromatic rings. The van der Waals surface area contributed by atoms with Crippen molar-refractivity contribution in [3.8, 4) is 0 Å².